The van der Waals surface area contributed by atoms with Crippen LogP contribution in [0.25, 0.3) is 0 Å². The Balaban J connectivity index is 2.06. The summed E-state index contributed by atoms with van der Waals surface area (Å²) < 4.78 is 10.4. The molecule has 0 amide bonds. The van der Waals surface area contributed by atoms with Gasteiger partial charge in [-0.15, -0.1) is 0 Å². The van der Waals surface area contributed by atoms with E-state index in [1.807, 2.05) is 12.1 Å². The monoisotopic (exact) mass is 231 g/mol. The summed E-state index contributed by atoms with van der Waals surface area (Å²) in [7, 11) is 1.62. The molecule has 1 aromatic heterocycles. The SMILES string of the molecule is COCc1ccc(C=Nc2ccc(O)cc2)o1. The molecule has 4 heteroatoms. The van der Waals surface area contributed by atoms with E-state index in [9.17, 15) is 0 Å². The van der Waals surface area contributed by atoms with E-state index in [2.05, 4.69) is 4.99 Å². The predicted octanol–water partition coefficient (Wildman–Crippen LogP) is 2.88. The topological polar surface area (TPSA) is 55.0 Å². The molecule has 17 heavy (non-hydrogen) atoms. The molecule has 1 heterocycles. The highest BCUT2D eigenvalue weighted by molar-refractivity contribution is 5.78. The Morgan fingerprint density at radius 1 is 1.24 bits per heavy atom. The first-order chi connectivity index (χ1) is 8.28. The maximum atomic E-state index is 9.12. The van der Waals surface area contributed by atoms with Crippen molar-refractivity contribution in [1.82, 2.24) is 0 Å². The van der Waals surface area contributed by atoms with Gasteiger partial charge >= 0.3 is 0 Å². The minimum atomic E-state index is 0.226. The van der Waals surface area contributed by atoms with Crippen molar-refractivity contribution in [2.24, 2.45) is 4.99 Å². The first-order valence-corrected chi connectivity index (χ1v) is 5.18. The Labute approximate surface area is 99.2 Å². The third-order valence-electron chi connectivity index (χ3n) is 2.16. The molecular formula is C13H13NO3. The lowest BCUT2D eigenvalue weighted by atomic mass is 10.3. The summed E-state index contributed by atoms with van der Waals surface area (Å²) in [6.45, 7) is 0.451. The van der Waals surface area contributed by atoms with Gasteiger partial charge in [-0.2, -0.15) is 0 Å². The smallest absolute Gasteiger partial charge is 0.145 e. The highest BCUT2D eigenvalue weighted by atomic mass is 16.5. The van der Waals surface area contributed by atoms with Gasteiger partial charge in [0.1, 0.15) is 23.9 Å². The molecule has 0 fully saturated rings. The molecule has 0 saturated heterocycles. The first kappa shape index (κ1) is 11.4. The molecule has 2 aromatic rings. The summed E-state index contributed by atoms with van der Waals surface area (Å²) in [5.41, 5.74) is 0.757. The molecular weight excluding hydrogens is 218 g/mol. The van der Waals surface area contributed by atoms with Gasteiger partial charge in [-0.1, -0.05) is 0 Å². The van der Waals surface area contributed by atoms with Crippen LogP contribution in [0.3, 0.4) is 0 Å². The van der Waals surface area contributed by atoms with Crippen molar-refractivity contribution in [2.75, 3.05) is 7.11 Å². The number of aromatic hydroxyl groups is 1. The lowest BCUT2D eigenvalue weighted by molar-refractivity contribution is 0.164. The molecule has 4 nitrogen and oxygen atoms in total. The van der Waals surface area contributed by atoms with Crippen LogP contribution < -0.4 is 0 Å². The van der Waals surface area contributed by atoms with Crippen LogP contribution in [-0.2, 0) is 11.3 Å². The number of benzene rings is 1. The van der Waals surface area contributed by atoms with Crippen LogP contribution in [0, 0.1) is 0 Å². The number of rotatable bonds is 4. The summed E-state index contributed by atoms with van der Waals surface area (Å²) in [5.74, 6) is 1.66. The van der Waals surface area contributed by atoms with Gasteiger partial charge in [0.15, 0.2) is 0 Å². The number of methoxy groups -OCH3 is 1. The fraction of sp³-hybridized carbons (Fsp3) is 0.154. The quantitative estimate of drug-likeness (QED) is 0.823. The summed E-state index contributed by atoms with van der Waals surface area (Å²) in [4.78, 5) is 4.22. The van der Waals surface area contributed by atoms with Gasteiger partial charge in [0.2, 0.25) is 0 Å². The van der Waals surface area contributed by atoms with Gasteiger partial charge in [-0.3, -0.25) is 4.99 Å². The fourth-order valence-electron chi connectivity index (χ4n) is 1.36. The molecule has 0 saturated carbocycles. The summed E-state index contributed by atoms with van der Waals surface area (Å²) in [5, 5.41) is 9.12. The van der Waals surface area contributed by atoms with Crippen molar-refractivity contribution in [3.05, 3.63) is 47.9 Å². The van der Waals surface area contributed by atoms with Crippen LogP contribution in [0.4, 0.5) is 5.69 Å². The second kappa shape index (κ2) is 5.32. The molecule has 0 unspecified atom stereocenters. The van der Waals surface area contributed by atoms with E-state index >= 15 is 0 Å². The molecule has 0 bridgehead atoms. The summed E-state index contributed by atoms with van der Waals surface area (Å²) in [6.07, 6.45) is 1.63. The lowest BCUT2D eigenvalue weighted by Gasteiger charge is -1.93. The molecule has 0 aliphatic rings. The maximum Gasteiger partial charge on any atom is 0.145 e. The van der Waals surface area contributed by atoms with Crippen LogP contribution in [-0.4, -0.2) is 18.4 Å². The van der Waals surface area contributed by atoms with Crippen LogP contribution in [0.2, 0.25) is 0 Å². The summed E-state index contributed by atoms with van der Waals surface area (Å²) in [6, 6.07) is 10.3. The van der Waals surface area contributed by atoms with E-state index in [4.69, 9.17) is 14.3 Å². The number of ether oxygens (including phenoxy) is 1. The van der Waals surface area contributed by atoms with Gasteiger partial charge in [0, 0.05) is 7.11 Å². The van der Waals surface area contributed by atoms with E-state index in [0.29, 0.717) is 12.4 Å². The van der Waals surface area contributed by atoms with Crippen molar-refractivity contribution in [3.8, 4) is 5.75 Å². The van der Waals surface area contributed by atoms with Crippen LogP contribution in [0.1, 0.15) is 11.5 Å². The highest BCUT2D eigenvalue weighted by Crippen LogP contribution is 2.16. The Morgan fingerprint density at radius 2 is 2.00 bits per heavy atom. The Morgan fingerprint density at radius 3 is 2.71 bits per heavy atom. The third kappa shape index (κ3) is 3.19. The van der Waals surface area contributed by atoms with Crippen molar-refractivity contribution in [3.63, 3.8) is 0 Å². The fourth-order valence-corrected chi connectivity index (χ4v) is 1.36. The van der Waals surface area contributed by atoms with E-state index in [1.165, 1.54) is 0 Å². The van der Waals surface area contributed by atoms with E-state index in [0.717, 1.165) is 11.4 Å². The Bertz CT molecular complexity index is 500. The number of aliphatic imine (C=N–C) groups is 1. The maximum absolute atomic E-state index is 9.12. The normalized spacial score (nSPS) is 11.1. The van der Waals surface area contributed by atoms with E-state index in [-0.39, 0.29) is 5.75 Å². The Kier molecular flexibility index (Phi) is 3.57. The zero-order valence-electron chi connectivity index (χ0n) is 9.46. The molecule has 0 spiro atoms. The first-order valence-electron chi connectivity index (χ1n) is 5.18. The number of phenols is 1. The van der Waals surface area contributed by atoms with Crippen molar-refractivity contribution >= 4 is 11.9 Å². The Hall–Kier alpha value is -2.07. The standard InChI is InChI=1S/C13H13NO3/c1-16-9-13-7-6-12(17-13)8-14-10-2-4-11(15)5-3-10/h2-8,15H,9H2,1H3. The van der Waals surface area contributed by atoms with Crippen molar-refractivity contribution in [1.29, 1.82) is 0 Å². The molecule has 0 aliphatic carbocycles. The van der Waals surface area contributed by atoms with Gasteiger partial charge in [-0.25, -0.2) is 0 Å². The largest absolute Gasteiger partial charge is 0.508 e. The molecule has 1 aromatic carbocycles. The van der Waals surface area contributed by atoms with Gasteiger partial charge in [0.05, 0.1) is 11.9 Å². The van der Waals surface area contributed by atoms with Crippen molar-refractivity contribution < 1.29 is 14.3 Å². The molecule has 0 atom stereocenters. The van der Waals surface area contributed by atoms with Gasteiger partial charge in [-0.05, 0) is 36.4 Å². The highest BCUT2D eigenvalue weighted by Gasteiger charge is 1.98. The zero-order valence-corrected chi connectivity index (χ0v) is 9.46. The average Bonchev–Trinajstić information content (AvgIpc) is 2.77. The van der Waals surface area contributed by atoms with E-state index < -0.39 is 0 Å². The number of hydrogen-bond acceptors (Lipinski definition) is 4. The number of nitrogens with zero attached hydrogens (tertiary/aromatic N) is 1. The molecule has 1 N–H and O–H groups in total. The lowest BCUT2D eigenvalue weighted by Crippen LogP contribution is -1.82. The third-order valence-corrected chi connectivity index (χ3v) is 2.16. The van der Waals surface area contributed by atoms with Crippen molar-refractivity contribution in [2.45, 2.75) is 6.61 Å². The van der Waals surface area contributed by atoms with Crippen LogP contribution in [0.5, 0.6) is 5.75 Å². The van der Waals surface area contributed by atoms with Gasteiger partial charge < -0.3 is 14.3 Å². The molecule has 0 radical (unpaired) electrons. The molecule has 2 rings (SSSR count). The van der Waals surface area contributed by atoms with Gasteiger partial charge in [0.25, 0.3) is 0 Å². The summed E-state index contributed by atoms with van der Waals surface area (Å²) >= 11 is 0. The van der Waals surface area contributed by atoms with E-state index in [1.54, 1.807) is 37.6 Å². The van der Waals surface area contributed by atoms with Crippen LogP contribution in [0.15, 0.2) is 45.8 Å². The van der Waals surface area contributed by atoms with Crippen LogP contribution >= 0.6 is 0 Å². The zero-order chi connectivity index (χ0) is 12.1. The number of phenolic OH excluding ortho intramolecular Hbond substituents is 1. The number of hydrogen-bond donors (Lipinski definition) is 1. The second-order valence-electron chi connectivity index (χ2n) is 3.51. The molecule has 88 valence electrons. The average molecular weight is 231 g/mol. The minimum Gasteiger partial charge on any atom is -0.508 e. The predicted molar refractivity (Wildman–Crippen MR) is 64.8 cm³/mol. The minimum absolute atomic E-state index is 0.226. The number of furan rings is 1. The second-order valence-corrected chi connectivity index (χ2v) is 3.51. The molecule has 0 aliphatic heterocycles.